The number of hydrogen-bond acceptors (Lipinski definition) is 3. The number of rotatable bonds is 4. The summed E-state index contributed by atoms with van der Waals surface area (Å²) in [5.41, 5.74) is 0. The molecule has 0 aromatic rings. The Morgan fingerprint density at radius 2 is 1.90 bits per heavy atom. The molecule has 2 amide bonds. The zero-order valence-electron chi connectivity index (χ0n) is 12.2. The van der Waals surface area contributed by atoms with Gasteiger partial charge in [-0.2, -0.15) is 0 Å². The summed E-state index contributed by atoms with van der Waals surface area (Å²) in [6, 6.07) is -0.110. The summed E-state index contributed by atoms with van der Waals surface area (Å²) in [5, 5.41) is 11.8. The first-order valence-corrected chi connectivity index (χ1v) is 7.50. The summed E-state index contributed by atoms with van der Waals surface area (Å²) in [7, 11) is 2.14. The van der Waals surface area contributed by atoms with Crippen molar-refractivity contribution in [3.8, 4) is 0 Å². The second kappa shape index (κ2) is 6.92. The van der Waals surface area contributed by atoms with Crippen molar-refractivity contribution in [2.45, 2.75) is 25.7 Å². The monoisotopic (exact) mass is 283 g/mol. The number of carbonyl (C=O) groups is 2. The first kappa shape index (κ1) is 15.1. The van der Waals surface area contributed by atoms with E-state index in [0.717, 1.165) is 19.5 Å². The van der Waals surface area contributed by atoms with E-state index in [4.69, 9.17) is 5.11 Å². The molecular formula is C14H25N3O3. The topological polar surface area (TPSA) is 72.9 Å². The van der Waals surface area contributed by atoms with Crippen LogP contribution in [0.5, 0.6) is 0 Å². The van der Waals surface area contributed by atoms with Crippen LogP contribution in [0.1, 0.15) is 25.7 Å². The zero-order valence-corrected chi connectivity index (χ0v) is 12.2. The Morgan fingerprint density at radius 1 is 1.20 bits per heavy atom. The summed E-state index contributed by atoms with van der Waals surface area (Å²) < 4.78 is 0. The number of hydrogen-bond donors (Lipinski definition) is 2. The molecule has 2 rings (SSSR count). The number of nitrogens with one attached hydrogen (secondary N) is 1. The highest BCUT2D eigenvalue weighted by molar-refractivity contribution is 5.77. The second-order valence-corrected chi connectivity index (χ2v) is 6.04. The van der Waals surface area contributed by atoms with E-state index < -0.39 is 11.9 Å². The van der Waals surface area contributed by atoms with E-state index in [-0.39, 0.29) is 6.03 Å². The maximum Gasteiger partial charge on any atom is 0.317 e. The predicted molar refractivity (Wildman–Crippen MR) is 75.6 cm³/mol. The average Bonchev–Trinajstić information content (AvgIpc) is 2.91. The van der Waals surface area contributed by atoms with Gasteiger partial charge in [0.05, 0.1) is 5.92 Å². The standard InChI is InChI=1S/C14H25N3O3/c1-16-7-3-11(4-8-16)2-6-15-14(20)17-9-5-12(10-17)13(18)19/h11-12H,2-10H2,1H3,(H,15,20)(H,18,19). The van der Waals surface area contributed by atoms with Crippen molar-refractivity contribution in [2.24, 2.45) is 11.8 Å². The van der Waals surface area contributed by atoms with Crippen LogP contribution in [0.3, 0.4) is 0 Å². The minimum Gasteiger partial charge on any atom is -0.481 e. The van der Waals surface area contributed by atoms with Gasteiger partial charge in [0.25, 0.3) is 0 Å². The smallest absolute Gasteiger partial charge is 0.317 e. The number of nitrogens with zero attached hydrogens (tertiary/aromatic N) is 2. The lowest BCUT2D eigenvalue weighted by Crippen LogP contribution is -2.40. The average molecular weight is 283 g/mol. The molecule has 2 heterocycles. The van der Waals surface area contributed by atoms with Crippen LogP contribution in [-0.4, -0.2) is 66.7 Å². The Labute approximate surface area is 120 Å². The van der Waals surface area contributed by atoms with Crippen molar-refractivity contribution < 1.29 is 14.7 Å². The number of carboxylic acids is 1. The summed E-state index contributed by atoms with van der Waals surface area (Å²) >= 11 is 0. The molecule has 1 atom stereocenters. The maximum atomic E-state index is 11.9. The summed E-state index contributed by atoms with van der Waals surface area (Å²) in [5.74, 6) is -0.488. The fraction of sp³-hybridized carbons (Fsp3) is 0.857. The second-order valence-electron chi connectivity index (χ2n) is 6.04. The van der Waals surface area contributed by atoms with Gasteiger partial charge in [-0.15, -0.1) is 0 Å². The number of amides is 2. The van der Waals surface area contributed by atoms with Crippen LogP contribution in [0.15, 0.2) is 0 Å². The highest BCUT2D eigenvalue weighted by Gasteiger charge is 2.30. The highest BCUT2D eigenvalue weighted by atomic mass is 16.4. The minimum atomic E-state index is -0.799. The normalized spacial score (nSPS) is 24.9. The maximum absolute atomic E-state index is 11.9. The quantitative estimate of drug-likeness (QED) is 0.802. The number of likely N-dealkylation sites (tertiary alicyclic amines) is 2. The third kappa shape index (κ3) is 4.10. The predicted octanol–water partition coefficient (Wildman–Crippen LogP) is 0.834. The molecular weight excluding hydrogens is 258 g/mol. The molecule has 0 spiro atoms. The summed E-state index contributed by atoms with van der Waals surface area (Å²) in [6.07, 6.45) is 4.00. The molecule has 0 saturated carbocycles. The zero-order chi connectivity index (χ0) is 14.5. The van der Waals surface area contributed by atoms with Gasteiger partial charge in [-0.25, -0.2) is 4.79 Å². The van der Waals surface area contributed by atoms with Crippen molar-refractivity contribution in [1.29, 1.82) is 0 Å². The van der Waals surface area contributed by atoms with Crippen LogP contribution >= 0.6 is 0 Å². The Bertz CT molecular complexity index is 354. The van der Waals surface area contributed by atoms with Crippen LogP contribution < -0.4 is 5.32 Å². The number of carbonyl (C=O) groups excluding carboxylic acids is 1. The van der Waals surface area contributed by atoms with Gasteiger partial charge in [0.15, 0.2) is 0 Å². The number of piperidine rings is 1. The SMILES string of the molecule is CN1CCC(CCNC(=O)N2CCC(C(=O)O)C2)CC1. The first-order chi connectivity index (χ1) is 9.56. The lowest BCUT2D eigenvalue weighted by molar-refractivity contribution is -0.141. The van der Waals surface area contributed by atoms with Crippen LogP contribution in [0.4, 0.5) is 4.79 Å². The van der Waals surface area contributed by atoms with E-state index in [1.807, 2.05) is 0 Å². The molecule has 2 fully saturated rings. The van der Waals surface area contributed by atoms with Gasteiger partial charge in [-0.3, -0.25) is 4.79 Å². The van der Waals surface area contributed by atoms with E-state index in [9.17, 15) is 9.59 Å². The van der Waals surface area contributed by atoms with Gasteiger partial charge >= 0.3 is 12.0 Å². The van der Waals surface area contributed by atoms with Crippen molar-refractivity contribution in [3.05, 3.63) is 0 Å². The van der Waals surface area contributed by atoms with Gasteiger partial charge in [0, 0.05) is 19.6 Å². The molecule has 20 heavy (non-hydrogen) atoms. The molecule has 114 valence electrons. The molecule has 0 aliphatic carbocycles. The van der Waals surface area contributed by atoms with Gasteiger partial charge < -0.3 is 20.2 Å². The van der Waals surface area contributed by atoms with Crippen LogP contribution in [0.2, 0.25) is 0 Å². The third-order valence-electron chi connectivity index (χ3n) is 4.49. The van der Waals surface area contributed by atoms with E-state index >= 15 is 0 Å². The molecule has 0 aromatic carbocycles. The molecule has 2 N–H and O–H groups in total. The number of aliphatic carboxylic acids is 1. The molecule has 2 aliphatic heterocycles. The molecule has 6 heteroatoms. The largest absolute Gasteiger partial charge is 0.481 e. The van der Waals surface area contributed by atoms with Crippen molar-refractivity contribution >= 4 is 12.0 Å². The summed E-state index contributed by atoms with van der Waals surface area (Å²) in [6.45, 7) is 3.88. The van der Waals surface area contributed by atoms with Gasteiger partial charge in [0.1, 0.15) is 0 Å². The molecule has 1 unspecified atom stereocenters. The summed E-state index contributed by atoms with van der Waals surface area (Å²) in [4.78, 5) is 26.7. The van der Waals surface area contributed by atoms with E-state index in [1.54, 1.807) is 4.90 Å². The first-order valence-electron chi connectivity index (χ1n) is 7.50. The minimum absolute atomic E-state index is 0.110. The van der Waals surface area contributed by atoms with Gasteiger partial charge in [-0.05, 0) is 51.7 Å². The fourth-order valence-corrected chi connectivity index (χ4v) is 2.99. The van der Waals surface area contributed by atoms with Crippen molar-refractivity contribution in [3.63, 3.8) is 0 Å². The van der Waals surface area contributed by atoms with E-state index in [0.29, 0.717) is 32.0 Å². The van der Waals surface area contributed by atoms with Crippen LogP contribution in [-0.2, 0) is 4.79 Å². The lowest BCUT2D eigenvalue weighted by Gasteiger charge is -2.29. The third-order valence-corrected chi connectivity index (χ3v) is 4.49. The molecule has 6 nitrogen and oxygen atoms in total. The Kier molecular flexibility index (Phi) is 5.23. The fourth-order valence-electron chi connectivity index (χ4n) is 2.99. The molecule has 2 saturated heterocycles. The van der Waals surface area contributed by atoms with Crippen molar-refractivity contribution in [2.75, 3.05) is 39.8 Å². The van der Waals surface area contributed by atoms with Gasteiger partial charge in [0.2, 0.25) is 0 Å². The number of urea groups is 1. The molecule has 0 radical (unpaired) electrons. The molecule has 0 bridgehead atoms. The Morgan fingerprint density at radius 3 is 2.50 bits per heavy atom. The highest BCUT2D eigenvalue weighted by Crippen LogP contribution is 2.19. The molecule has 2 aliphatic rings. The van der Waals surface area contributed by atoms with Crippen LogP contribution in [0, 0.1) is 11.8 Å². The van der Waals surface area contributed by atoms with E-state index in [2.05, 4.69) is 17.3 Å². The number of carboxylic acid groups (broad SMARTS) is 1. The van der Waals surface area contributed by atoms with E-state index in [1.165, 1.54) is 12.8 Å². The van der Waals surface area contributed by atoms with Crippen molar-refractivity contribution in [1.82, 2.24) is 15.1 Å². The van der Waals surface area contributed by atoms with Crippen LogP contribution in [0.25, 0.3) is 0 Å². The molecule has 0 aromatic heterocycles. The Balaban J connectivity index is 1.62. The Hall–Kier alpha value is -1.30. The van der Waals surface area contributed by atoms with Gasteiger partial charge in [-0.1, -0.05) is 0 Å². The lowest BCUT2D eigenvalue weighted by atomic mass is 9.94.